The molecule has 1 atom stereocenters. The van der Waals surface area contributed by atoms with Crippen LogP contribution < -0.4 is 0 Å². The van der Waals surface area contributed by atoms with E-state index in [1.54, 1.807) is 0 Å². The van der Waals surface area contributed by atoms with E-state index in [1.807, 2.05) is 16.8 Å². The fraction of sp³-hybridized carbons (Fsp3) is 0.867. The second-order valence-corrected chi connectivity index (χ2v) is 6.04. The minimum absolute atomic E-state index is 0.113. The number of hydrogen-bond donors (Lipinski definition) is 1. The molecule has 1 saturated heterocycles. The lowest BCUT2D eigenvalue weighted by Crippen LogP contribution is -2.46. The van der Waals surface area contributed by atoms with Gasteiger partial charge in [0.2, 0.25) is 0 Å². The number of likely N-dealkylation sites (tertiary alicyclic amines) is 1. The zero-order chi connectivity index (χ0) is 15.1. The van der Waals surface area contributed by atoms with E-state index >= 15 is 0 Å². The van der Waals surface area contributed by atoms with E-state index in [0.29, 0.717) is 11.8 Å². The van der Waals surface area contributed by atoms with Crippen molar-refractivity contribution in [3.8, 4) is 0 Å². The van der Waals surface area contributed by atoms with Gasteiger partial charge >= 0.3 is 12.0 Å². The Labute approximate surface area is 121 Å². The number of nitrogens with zero attached hydrogens (tertiary/aromatic N) is 2. The molecule has 116 valence electrons. The van der Waals surface area contributed by atoms with Gasteiger partial charge in [-0.25, -0.2) is 4.79 Å². The molecule has 0 saturated carbocycles. The molecule has 2 amide bonds. The molecule has 0 aliphatic carbocycles. The van der Waals surface area contributed by atoms with Crippen LogP contribution in [0.5, 0.6) is 0 Å². The fourth-order valence-corrected chi connectivity index (χ4v) is 2.66. The van der Waals surface area contributed by atoms with Crippen LogP contribution in [0.1, 0.15) is 46.0 Å². The summed E-state index contributed by atoms with van der Waals surface area (Å²) in [6, 6.07) is 0.113. The minimum atomic E-state index is -0.725. The lowest BCUT2D eigenvalue weighted by molar-refractivity contribution is -0.137. The number of hydrogen-bond acceptors (Lipinski definition) is 2. The standard InChI is InChI=1S/C15H28N2O3/c1-4-12(2)11-16(3)15(20)17-9-7-13(8-10-17)5-6-14(18)19/h12-13H,4-11H2,1-3H3,(H,18,19). The van der Waals surface area contributed by atoms with E-state index in [4.69, 9.17) is 5.11 Å². The number of carboxylic acids is 1. The molecule has 1 rings (SSSR count). The Hall–Kier alpha value is -1.26. The van der Waals surface area contributed by atoms with Crippen molar-refractivity contribution in [1.82, 2.24) is 9.80 Å². The number of aliphatic carboxylic acids is 1. The van der Waals surface area contributed by atoms with Crippen LogP contribution in [0.15, 0.2) is 0 Å². The van der Waals surface area contributed by atoms with Crippen LogP contribution in [0.25, 0.3) is 0 Å². The highest BCUT2D eigenvalue weighted by molar-refractivity contribution is 5.74. The van der Waals surface area contributed by atoms with E-state index in [0.717, 1.165) is 45.3 Å². The first-order chi connectivity index (χ1) is 9.43. The highest BCUT2D eigenvalue weighted by Crippen LogP contribution is 2.22. The van der Waals surface area contributed by atoms with Crippen LogP contribution in [0, 0.1) is 11.8 Å². The maximum absolute atomic E-state index is 12.3. The monoisotopic (exact) mass is 284 g/mol. The Kier molecular flexibility index (Phi) is 6.82. The number of carboxylic acid groups (broad SMARTS) is 1. The summed E-state index contributed by atoms with van der Waals surface area (Å²) in [4.78, 5) is 26.6. The van der Waals surface area contributed by atoms with Gasteiger partial charge in [-0.3, -0.25) is 4.79 Å². The fourth-order valence-electron chi connectivity index (χ4n) is 2.66. The summed E-state index contributed by atoms with van der Waals surface area (Å²) in [5.41, 5.74) is 0. The molecule has 0 aromatic heterocycles. The first-order valence-corrected chi connectivity index (χ1v) is 7.65. The van der Waals surface area contributed by atoms with Crippen LogP contribution >= 0.6 is 0 Å². The lowest BCUT2D eigenvalue weighted by atomic mass is 9.92. The van der Waals surface area contributed by atoms with Gasteiger partial charge in [-0.2, -0.15) is 0 Å². The van der Waals surface area contributed by atoms with E-state index in [-0.39, 0.29) is 12.5 Å². The molecule has 1 aliphatic heterocycles. The zero-order valence-electron chi connectivity index (χ0n) is 13.0. The van der Waals surface area contributed by atoms with Gasteiger partial charge in [-0.1, -0.05) is 20.3 Å². The summed E-state index contributed by atoms with van der Waals surface area (Å²) in [7, 11) is 1.87. The van der Waals surface area contributed by atoms with Crippen molar-refractivity contribution >= 4 is 12.0 Å². The summed E-state index contributed by atoms with van der Waals surface area (Å²) in [6.07, 6.45) is 3.91. The Bertz CT molecular complexity index is 325. The molecular formula is C15H28N2O3. The Morgan fingerprint density at radius 3 is 2.45 bits per heavy atom. The average molecular weight is 284 g/mol. The van der Waals surface area contributed by atoms with Crippen molar-refractivity contribution in [3.63, 3.8) is 0 Å². The van der Waals surface area contributed by atoms with Crippen molar-refractivity contribution in [2.24, 2.45) is 11.8 Å². The Morgan fingerprint density at radius 1 is 1.35 bits per heavy atom. The molecule has 0 aromatic rings. The average Bonchev–Trinajstić information content (AvgIpc) is 2.44. The predicted molar refractivity (Wildman–Crippen MR) is 78.6 cm³/mol. The molecule has 1 heterocycles. The van der Waals surface area contributed by atoms with Crippen LogP contribution in [0.3, 0.4) is 0 Å². The van der Waals surface area contributed by atoms with Crippen LogP contribution in [0.4, 0.5) is 4.79 Å². The number of rotatable bonds is 6. The second-order valence-electron chi connectivity index (χ2n) is 6.04. The highest BCUT2D eigenvalue weighted by atomic mass is 16.4. The van der Waals surface area contributed by atoms with Crippen molar-refractivity contribution < 1.29 is 14.7 Å². The van der Waals surface area contributed by atoms with Crippen molar-refractivity contribution in [2.75, 3.05) is 26.7 Å². The van der Waals surface area contributed by atoms with Crippen molar-refractivity contribution in [2.45, 2.75) is 46.0 Å². The molecule has 5 heteroatoms. The number of carbonyl (C=O) groups is 2. The number of piperidine rings is 1. The van der Waals surface area contributed by atoms with Crippen molar-refractivity contribution in [1.29, 1.82) is 0 Å². The molecule has 0 spiro atoms. The summed E-state index contributed by atoms with van der Waals surface area (Å²) >= 11 is 0. The van der Waals surface area contributed by atoms with Gasteiger partial charge in [-0.05, 0) is 31.1 Å². The first kappa shape index (κ1) is 16.8. The normalized spacial score (nSPS) is 17.9. The van der Waals surface area contributed by atoms with Crippen LogP contribution in [-0.2, 0) is 4.79 Å². The Balaban J connectivity index is 2.33. The maximum Gasteiger partial charge on any atom is 0.319 e. The third kappa shape index (κ3) is 5.39. The van der Waals surface area contributed by atoms with Gasteiger partial charge in [0.05, 0.1) is 0 Å². The molecule has 1 N–H and O–H groups in total. The van der Waals surface area contributed by atoms with Gasteiger partial charge in [-0.15, -0.1) is 0 Å². The quantitative estimate of drug-likeness (QED) is 0.815. The predicted octanol–water partition coefficient (Wildman–Crippen LogP) is 2.66. The topological polar surface area (TPSA) is 60.9 Å². The number of urea groups is 1. The molecule has 1 aliphatic rings. The van der Waals surface area contributed by atoms with Gasteiger partial charge < -0.3 is 14.9 Å². The van der Waals surface area contributed by atoms with E-state index in [1.165, 1.54) is 0 Å². The maximum atomic E-state index is 12.3. The molecular weight excluding hydrogens is 256 g/mol. The van der Waals surface area contributed by atoms with Crippen LogP contribution in [0.2, 0.25) is 0 Å². The molecule has 0 aromatic carbocycles. The highest BCUT2D eigenvalue weighted by Gasteiger charge is 2.25. The third-order valence-corrected chi connectivity index (χ3v) is 4.26. The molecule has 1 unspecified atom stereocenters. The summed E-state index contributed by atoms with van der Waals surface area (Å²) in [5, 5.41) is 8.69. The molecule has 0 bridgehead atoms. The first-order valence-electron chi connectivity index (χ1n) is 7.65. The van der Waals surface area contributed by atoms with E-state index in [9.17, 15) is 9.59 Å². The molecule has 20 heavy (non-hydrogen) atoms. The lowest BCUT2D eigenvalue weighted by Gasteiger charge is -2.35. The van der Waals surface area contributed by atoms with Gasteiger partial charge in [0, 0.05) is 33.1 Å². The largest absolute Gasteiger partial charge is 0.481 e. The third-order valence-electron chi connectivity index (χ3n) is 4.26. The number of carbonyl (C=O) groups excluding carboxylic acids is 1. The van der Waals surface area contributed by atoms with E-state index in [2.05, 4.69) is 13.8 Å². The molecule has 1 fully saturated rings. The minimum Gasteiger partial charge on any atom is -0.481 e. The summed E-state index contributed by atoms with van der Waals surface area (Å²) in [6.45, 7) is 6.61. The van der Waals surface area contributed by atoms with Gasteiger partial charge in [0.25, 0.3) is 0 Å². The van der Waals surface area contributed by atoms with E-state index < -0.39 is 5.97 Å². The van der Waals surface area contributed by atoms with Crippen LogP contribution in [-0.4, -0.2) is 53.6 Å². The summed E-state index contributed by atoms with van der Waals surface area (Å²) in [5.74, 6) is 0.254. The van der Waals surface area contributed by atoms with Gasteiger partial charge in [0.1, 0.15) is 0 Å². The van der Waals surface area contributed by atoms with Gasteiger partial charge in [0.15, 0.2) is 0 Å². The Morgan fingerprint density at radius 2 is 1.95 bits per heavy atom. The number of amides is 2. The molecule has 0 radical (unpaired) electrons. The SMILES string of the molecule is CCC(C)CN(C)C(=O)N1CCC(CCC(=O)O)CC1. The van der Waals surface area contributed by atoms with Crippen molar-refractivity contribution in [3.05, 3.63) is 0 Å². The second kappa shape index (κ2) is 8.12. The molecule has 5 nitrogen and oxygen atoms in total. The summed E-state index contributed by atoms with van der Waals surface area (Å²) < 4.78 is 0. The smallest absolute Gasteiger partial charge is 0.319 e. The zero-order valence-corrected chi connectivity index (χ0v) is 13.0.